The van der Waals surface area contributed by atoms with E-state index in [1.54, 1.807) is 12.3 Å². The summed E-state index contributed by atoms with van der Waals surface area (Å²) in [5.74, 6) is 0.602. The number of rotatable bonds is 6. The van der Waals surface area contributed by atoms with E-state index in [1.165, 1.54) is 11.8 Å². The molecule has 0 saturated heterocycles. The highest BCUT2D eigenvalue weighted by Crippen LogP contribution is 2.27. The Bertz CT molecular complexity index is 896. The number of benzene rings is 1. The van der Waals surface area contributed by atoms with Crippen molar-refractivity contribution in [3.63, 3.8) is 0 Å². The second-order valence-electron chi connectivity index (χ2n) is 5.80. The van der Waals surface area contributed by atoms with Gasteiger partial charge < -0.3 is 10.3 Å². The van der Waals surface area contributed by atoms with E-state index >= 15 is 0 Å². The van der Waals surface area contributed by atoms with Gasteiger partial charge in [0.15, 0.2) is 10.8 Å². The normalized spacial score (nSPS) is 12.3. The number of fused-ring (bicyclic) bond motifs is 1. The number of hydrogen-bond donors (Lipinski definition) is 2. The summed E-state index contributed by atoms with van der Waals surface area (Å²) in [7, 11) is 0. The number of nitrogens with one attached hydrogen (secondary N) is 2. The number of imidazole rings is 1. The molecule has 130 valence electrons. The zero-order valence-corrected chi connectivity index (χ0v) is 15.6. The topological polar surface area (TPSA) is 70.7 Å². The fourth-order valence-corrected chi connectivity index (χ4v) is 3.33. The molecule has 0 unspecified atom stereocenters. The molecule has 1 amide bonds. The molecule has 2 aromatic heterocycles. The molecule has 2 N–H and O–H groups in total. The number of carbonyl (C=O) groups excluding carboxylic acids is 1. The quantitative estimate of drug-likeness (QED) is 0.604. The van der Waals surface area contributed by atoms with Crippen molar-refractivity contribution >= 4 is 46.1 Å². The lowest BCUT2D eigenvalue weighted by atomic mass is 9.97. The van der Waals surface area contributed by atoms with E-state index in [0.29, 0.717) is 21.7 Å². The predicted molar refractivity (Wildman–Crippen MR) is 103 cm³/mol. The third-order valence-electron chi connectivity index (χ3n) is 4.00. The first-order chi connectivity index (χ1) is 12.1. The third-order valence-corrected chi connectivity index (χ3v) is 5.08. The van der Waals surface area contributed by atoms with Crippen molar-refractivity contribution in [3.8, 4) is 0 Å². The Morgan fingerprint density at radius 1 is 1.40 bits per heavy atom. The molecule has 7 heteroatoms. The van der Waals surface area contributed by atoms with Gasteiger partial charge in [0, 0.05) is 11.9 Å². The van der Waals surface area contributed by atoms with Crippen LogP contribution in [-0.4, -0.2) is 26.6 Å². The molecule has 2 heterocycles. The van der Waals surface area contributed by atoms with Crippen molar-refractivity contribution < 1.29 is 4.79 Å². The van der Waals surface area contributed by atoms with Crippen LogP contribution in [0, 0.1) is 0 Å². The number of amides is 1. The lowest BCUT2D eigenvalue weighted by Gasteiger charge is -2.15. The van der Waals surface area contributed by atoms with Crippen LogP contribution in [-0.2, 0) is 4.79 Å². The van der Waals surface area contributed by atoms with Crippen LogP contribution < -0.4 is 5.32 Å². The molecule has 5 nitrogen and oxygen atoms in total. The summed E-state index contributed by atoms with van der Waals surface area (Å²) in [4.78, 5) is 23.9. The molecule has 0 fully saturated rings. The molecule has 0 aliphatic heterocycles. The van der Waals surface area contributed by atoms with E-state index in [-0.39, 0.29) is 11.7 Å². The SMILES string of the molecule is CC[C@H](C)c1ccccc1NC(=O)CSc1nc2ncc(Cl)cc2[nH]1. The number of pyridine rings is 1. The molecule has 3 rings (SSSR count). The van der Waals surface area contributed by atoms with Crippen molar-refractivity contribution in [2.75, 3.05) is 11.1 Å². The Hall–Kier alpha value is -2.05. The first kappa shape index (κ1) is 17.8. The summed E-state index contributed by atoms with van der Waals surface area (Å²) >= 11 is 7.25. The molecule has 0 aliphatic rings. The second-order valence-corrected chi connectivity index (χ2v) is 7.20. The zero-order chi connectivity index (χ0) is 17.8. The number of aromatic nitrogens is 3. The van der Waals surface area contributed by atoms with Crippen LogP contribution in [0.25, 0.3) is 11.2 Å². The second kappa shape index (κ2) is 7.89. The molecule has 3 aromatic rings. The molecule has 0 radical (unpaired) electrons. The van der Waals surface area contributed by atoms with Crippen LogP contribution in [0.4, 0.5) is 5.69 Å². The smallest absolute Gasteiger partial charge is 0.234 e. The van der Waals surface area contributed by atoms with Gasteiger partial charge in [-0.25, -0.2) is 9.97 Å². The van der Waals surface area contributed by atoms with Gasteiger partial charge in [0.2, 0.25) is 5.91 Å². The van der Waals surface area contributed by atoms with Gasteiger partial charge in [-0.2, -0.15) is 0 Å². The fraction of sp³-hybridized carbons (Fsp3) is 0.278. The van der Waals surface area contributed by atoms with Crippen LogP contribution in [0.2, 0.25) is 5.02 Å². The maximum Gasteiger partial charge on any atom is 0.234 e. The Morgan fingerprint density at radius 3 is 3.00 bits per heavy atom. The molecule has 1 aromatic carbocycles. The number of nitrogens with zero attached hydrogens (tertiary/aromatic N) is 2. The Morgan fingerprint density at radius 2 is 2.20 bits per heavy atom. The number of anilines is 1. The number of aromatic amines is 1. The average molecular weight is 375 g/mol. The number of H-pyrrole nitrogens is 1. The van der Waals surface area contributed by atoms with Gasteiger partial charge in [0.05, 0.1) is 16.3 Å². The van der Waals surface area contributed by atoms with Gasteiger partial charge >= 0.3 is 0 Å². The number of thioether (sulfide) groups is 1. The minimum absolute atomic E-state index is 0.0628. The highest BCUT2D eigenvalue weighted by Gasteiger charge is 2.12. The number of para-hydroxylation sites is 1. The van der Waals surface area contributed by atoms with Crippen LogP contribution >= 0.6 is 23.4 Å². The molecule has 0 saturated carbocycles. The van der Waals surface area contributed by atoms with Gasteiger partial charge in [-0.15, -0.1) is 0 Å². The van der Waals surface area contributed by atoms with Crippen LogP contribution in [0.3, 0.4) is 0 Å². The van der Waals surface area contributed by atoms with E-state index in [4.69, 9.17) is 11.6 Å². The molecule has 0 bridgehead atoms. The summed E-state index contributed by atoms with van der Waals surface area (Å²) in [6.45, 7) is 4.30. The molecule has 25 heavy (non-hydrogen) atoms. The van der Waals surface area contributed by atoms with Gasteiger partial charge in [-0.3, -0.25) is 4.79 Å². The highest BCUT2D eigenvalue weighted by atomic mass is 35.5. The number of carbonyl (C=O) groups is 1. The summed E-state index contributed by atoms with van der Waals surface area (Å²) in [5, 5.41) is 4.20. The van der Waals surface area contributed by atoms with Crippen molar-refractivity contribution in [2.45, 2.75) is 31.3 Å². The lowest BCUT2D eigenvalue weighted by molar-refractivity contribution is -0.113. The van der Waals surface area contributed by atoms with E-state index in [9.17, 15) is 4.79 Å². The minimum atomic E-state index is -0.0628. The van der Waals surface area contributed by atoms with E-state index in [2.05, 4.69) is 40.2 Å². The Labute approximate surface area is 155 Å². The Kier molecular flexibility index (Phi) is 5.60. The lowest BCUT2D eigenvalue weighted by Crippen LogP contribution is -2.15. The summed E-state index contributed by atoms with van der Waals surface area (Å²) in [6, 6.07) is 9.70. The molecular weight excluding hydrogens is 356 g/mol. The minimum Gasteiger partial charge on any atom is -0.331 e. The van der Waals surface area contributed by atoms with Crippen molar-refractivity contribution in [1.82, 2.24) is 15.0 Å². The van der Waals surface area contributed by atoms with Gasteiger partial charge in [0.1, 0.15) is 0 Å². The Balaban J connectivity index is 1.65. The number of hydrogen-bond acceptors (Lipinski definition) is 4. The van der Waals surface area contributed by atoms with Crippen LogP contribution in [0.5, 0.6) is 0 Å². The number of halogens is 1. The summed E-state index contributed by atoms with van der Waals surface area (Å²) in [6.07, 6.45) is 2.58. The van der Waals surface area contributed by atoms with Crippen LogP contribution in [0.1, 0.15) is 31.7 Å². The summed E-state index contributed by atoms with van der Waals surface area (Å²) in [5.41, 5.74) is 3.39. The molecule has 0 aliphatic carbocycles. The summed E-state index contributed by atoms with van der Waals surface area (Å²) < 4.78 is 0. The van der Waals surface area contributed by atoms with Gasteiger partial charge in [-0.1, -0.05) is 55.4 Å². The van der Waals surface area contributed by atoms with Gasteiger partial charge in [0.25, 0.3) is 0 Å². The molecule has 0 spiro atoms. The standard InChI is InChI=1S/C18H19ClN4OS/c1-3-11(2)13-6-4-5-7-14(13)21-16(24)10-25-18-22-15-8-12(19)9-20-17(15)23-18/h4-9,11H,3,10H2,1-2H3,(H,21,24)(H,20,22,23)/t11-/m0/s1. The monoisotopic (exact) mass is 374 g/mol. The molecular formula is C18H19ClN4OS. The van der Waals surface area contributed by atoms with Gasteiger partial charge in [-0.05, 0) is 30.0 Å². The van der Waals surface area contributed by atoms with Crippen LogP contribution in [0.15, 0.2) is 41.7 Å². The van der Waals surface area contributed by atoms with E-state index in [1.807, 2.05) is 18.2 Å². The predicted octanol–water partition coefficient (Wildman–Crippen LogP) is 4.86. The van der Waals surface area contributed by atoms with E-state index in [0.717, 1.165) is 23.2 Å². The first-order valence-corrected chi connectivity index (χ1v) is 9.46. The average Bonchev–Trinajstić information content (AvgIpc) is 3.02. The third kappa shape index (κ3) is 4.32. The van der Waals surface area contributed by atoms with E-state index < -0.39 is 0 Å². The fourth-order valence-electron chi connectivity index (χ4n) is 2.50. The van der Waals surface area contributed by atoms with Crippen molar-refractivity contribution in [2.24, 2.45) is 0 Å². The highest BCUT2D eigenvalue weighted by molar-refractivity contribution is 7.99. The molecule has 1 atom stereocenters. The maximum atomic E-state index is 12.3. The van der Waals surface area contributed by atoms with Crippen molar-refractivity contribution in [3.05, 3.63) is 47.1 Å². The largest absolute Gasteiger partial charge is 0.331 e. The van der Waals surface area contributed by atoms with Crippen molar-refractivity contribution in [1.29, 1.82) is 0 Å². The zero-order valence-electron chi connectivity index (χ0n) is 14.0. The first-order valence-electron chi connectivity index (χ1n) is 8.09. The maximum absolute atomic E-state index is 12.3.